The summed E-state index contributed by atoms with van der Waals surface area (Å²) in [5.74, 6) is 0.177. The molecule has 2 aromatic rings. The quantitative estimate of drug-likeness (QED) is 0.934. The van der Waals surface area contributed by atoms with Gasteiger partial charge in [0.25, 0.3) is 0 Å². The lowest BCUT2D eigenvalue weighted by atomic mass is 10.2. The minimum Gasteiger partial charge on any atom is -0.333 e. The standard InChI is InChI=1S/C15H16N4O2/c20-14-2-1-8-19(14)13-5-3-12(4-6-13)10-17-15(21)18-9-7-16-11-18/h3-7,9,11H,1-2,8,10H2,(H,17,21). The fourth-order valence-electron chi connectivity index (χ4n) is 2.36. The van der Waals surface area contributed by atoms with Crippen LogP contribution in [0.1, 0.15) is 18.4 Å². The number of aromatic nitrogens is 2. The highest BCUT2D eigenvalue weighted by molar-refractivity contribution is 5.95. The average Bonchev–Trinajstić information content (AvgIpc) is 3.17. The van der Waals surface area contributed by atoms with Gasteiger partial charge in [0.15, 0.2) is 0 Å². The number of hydrogen-bond acceptors (Lipinski definition) is 3. The van der Waals surface area contributed by atoms with Crippen molar-refractivity contribution in [2.75, 3.05) is 11.4 Å². The molecular weight excluding hydrogens is 268 g/mol. The number of amides is 2. The van der Waals surface area contributed by atoms with Gasteiger partial charge in [0.05, 0.1) is 0 Å². The Morgan fingerprint density at radius 2 is 2.10 bits per heavy atom. The summed E-state index contributed by atoms with van der Waals surface area (Å²) in [5.41, 5.74) is 1.90. The maximum atomic E-state index is 11.8. The number of hydrogen-bond donors (Lipinski definition) is 1. The van der Waals surface area contributed by atoms with Crippen molar-refractivity contribution in [2.24, 2.45) is 0 Å². The molecule has 2 amide bonds. The minimum atomic E-state index is -0.216. The van der Waals surface area contributed by atoms with Gasteiger partial charge in [-0.15, -0.1) is 0 Å². The molecule has 1 aliphatic rings. The summed E-state index contributed by atoms with van der Waals surface area (Å²) < 4.78 is 1.39. The second-order valence-electron chi connectivity index (χ2n) is 4.94. The highest BCUT2D eigenvalue weighted by Gasteiger charge is 2.21. The zero-order valence-corrected chi connectivity index (χ0v) is 11.5. The van der Waals surface area contributed by atoms with Gasteiger partial charge >= 0.3 is 6.03 Å². The Morgan fingerprint density at radius 1 is 1.29 bits per heavy atom. The van der Waals surface area contributed by atoms with Crippen LogP contribution in [0, 0.1) is 0 Å². The van der Waals surface area contributed by atoms with Gasteiger partial charge in [-0.1, -0.05) is 12.1 Å². The molecule has 1 aromatic carbocycles. The number of rotatable bonds is 3. The van der Waals surface area contributed by atoms with Crippen LogP contribution in [0.5, 0.6) is 0 Å². The van der Waals surface area contributed by atoms with E-state index in [1.54, 1.807) is 17.3 Å². The Hall–Kier alpha value is -2.63. The van der Waals surface area contributed by atoms with Crippen molar-refractivity contribution in [3.05, 3.63) is 48.5 Å². The minimum absolute atomic E-state index is 0.177. The molecule has 108 valence electrons. The first-order valence-electron chi connectivity index (χ1n) is 6.89. The fraction of sp³-hybridized carbons (Fsp3) is 0.267. The van der Waals surface area contributed by atoms with Gasteiger partial charge in [-0.25, -0.2) is 9.78 Å². The smallest absolute Gasteiger partial charge is 0.327 e. The molecule has 0 atom stereocenters. The molecule has 1 N–H and O–H groups in total. The van der Waals surface area contributed by atoms with Crippen LogP contribution < -0.4 is 10.2 Å². The molecule has 0 spiro atoms. The second-order valence-corrected chi connectivity index (χ2v) is 4.94. The second kappa shape index (κ2) is 5.78. The van der Waals surface area contributed by atoms with Crippen molar-refractivity contribution in [2.45, 2.75) is 19.4 Å². The van der Waals surface area contributed by atoms with E-state index in [1.165, 1.54) is 10.9 Å². The van der Waals surface area contributed by atoms with Crippen molar-refractivity contribution in [3.8, 4) is 0 Å². The van der Waals surface area contributed by atoms with Gasteiger partial charge < -0.3 is 10.2 Å². The Kier molecular flexibility index (Phi) is 3.68. The predicted molar refractivity (Wildman–Crippen MR) is 77.9 cm³/mol. The van der Waals surface area contributed by atoms with Crippen molar-refractivity contribution in [1.29, 1.82) is 0 Å². The predicted octanol–water partition coefficient (Wildman–Crippen LogP) is 1.77. The lowest BCUT2D eigenvalue weighted by Gasteiger charge is -2.16. The van der Waals surface area contributed by atoms with Gasteiger partial charge in [0.1, 0.15) is 6.33 Å². The van der Waals surface area contributed by atoms with Gasteiger partial charge in [0, 0.05) is 37.6 Å². The lowest BCUT2D eigenvalue weighted by molar-refractivity contribution is -0.117. The van der Waals surface area contributed by atoms with E-state index >= 15 is 0 Å². The van der Waals surface area contributed by atoms with Crippen molar-refractivity contribution >= 4 is 17.6 Å². The van der Waals surface area contributed by atoms with Crippen LogP contribution in [0.25, 0.3) is 0 Å². The summed E-state index contributed by atoms with van der Waals surface area (Å²) >= 11 is 0. The molecule has 0 radical (unpaired) electrons. The first-order chi connectivity index (χ1) is 10.2. The molecule has 6 heteroatoms. The molecule has 1 saturated heterocycles. The third kappa shape index (κ3) is 2.94. The molecular formula is C15H16N4O2. The largest absolute Gasteiger partial charge is 0.333 e. The third-order valence-electron chi connectivity index (χ3n) is 3.50. The molecule has 1 aliphatic heterocycles. The van der Waals surface area contributed by atoms with Crippen LogP contribution in [-0.4, -0.2) is 28.0 Å². The number of anilines is 1. The highest BCUT2D eigenvalue weighted by Crippen LogP contribution is 2.21. The van der Waals surface area contributed by atoms with E-state index in [9.17, 15) is 9.59 Å². The monoisotopic (exact) mass is 284 g/mol. The van der Waals surface area contributed by atoms with E-state index in [4.69, 9.17) is 0 Å². The van der Waals surface area contributed by atoms with Crippen molar-refractivity contribution < 1.29 is 9.59 Å². The van der Waals surface area contributed by atoms with Crippen LogP contribution in [0.15, 0.2) is 43.0 Å². The number of carbonyl (C=O) groups is 2. The zero-order valence-electron chi connectivity index (χ0n) is 11.5. The lowest BCUT2D eigenvalue weighted by Crippen LogP contribution is -2.27. The fourth-order valence-corrected chi connectivity index (χ4v) is 2.36. The molecule has 0 bridgehead atoms. The molecule has 1 aromatic heterocycles. The number of imidazole rings is 1. The topological polar surface area (TPSA) is 67.2 Å². The molecule has 1 fully saturated rings. The Morgan fingerprint density at radius 3 is 2.71 bits per heavy atom. The van der Waals surface area contributed by atoms with E-state index in [0.717, 1.165) is 24.2 Å². The van der Waals surface area contributed by atoms with Crippen LogP contribution in [-0.2, 0) is 11.3 Å². The van der Waals surface area contributed by atoms with Crippen molar-refractivity contribution in [1.82, 2.24) is 14.9 Å². The molecule has 0 aliphatic carbocycles. The number of nitrogens with zero attached hydrogens (tertiary/aromatic N) is 3. The molecule has 0 unspecified atom stereocenters. The maximum Gasteiger partial charge on any atom is 0.327 e. The van der Waals surface area contributed by atoms with Crippen LogP contribution in [0.4, 0.5) is 10.5 Å². The van der Waals surface area contributed by atoms with E-state index in [1.807, 2.05) is 24.3 Å². The van der Waals surface area contributed by atoms with Gasteiger partial charge in [-0.05, 0) is 24.1 Å². The summed E-state index contributed by atoms with van der Waals surface area (Å²) in [7, 11) is 0. The van der Waals surface area contributed by atoms with Crippen molar-refractivity contribution in [3.63, 3.8) is 0 Å². The van der Waals surface area contributed by atoms with E-state index in [-0.39, 0.29) is 11.9 Å². The number of benzene rings is 1. The van der Waals surface area contributed by atoms with Crippen LogP contribution in [0.2, 0.25) is 0 Å². The van der Waals surface area contributed by atoms with Gasteiger partial charge in [0.2, 0.25) is 5.91 Å². The Balaban J connectivity index is 1.60. The number of carbonyl (C=O) groups excluding carboxylic acids is 2. The van der Waals surface area contributed by atoms with Gasteiger partial charge in [-0.2, -0.15) is 0 Å². The summed E-state index contributed by atoms with van der Waals surface area (Å²) in [4.78, 5) is 29.0. The number of nitrogens with one attached hydrogen (secondary N) is 1. The SMILES string of the molecule is O=C1CCCN1c1ccc(CNC(=O)n2ccnc2)cc1. The zero-order chi connectivity index (χ0) is 14.7. The normalized spacial score (nSPS) is 14.5. The maximum absolute atomic E-state index is 11.8. The summed E-state index contributed by atoms with van der Waals surface area (Å²) in [6.07, 6.45) is 6.15. The summed E-state index contributed by atoms with van der Waals surface area (Å²) in [6.45, 7) is 1.22. The Labute approximate surface area is 122 Å². The molecule has 2 heterocycles. The summed E-state index contributed by atoms with van der Waals surface area (Å²) in [6, 6.07) is 7.47. The van der Waals surface area contributed by atoms with E-state index < -0.39 is 0 Å². The summed E-state index contributed by atoms with van der Waals surface area (Å²) in [5, 5.41) is 2.80. The van der Waals surface area contributed by atoms with Gasteiger partial charge in [-0.3, -0.25) is 9.36 Å². The molecule has 21 heavy (non-hydrogen) atoms. The van der Waals surface area contributed by atoms with E-state index in [0.29, 0.717) is 13.0 Å². The molecule has 6 nitrogen and oxygen atoms in total. The van der Waals surface area contributed by atoms with Crippen LogP contribution in [0.3, 0.4) is 0 Å². The third-order valence-corrected chi connectivity index (χ3v) is 3.50. The highest BCUT2D eigenvalue weighted by atomic mass is 16.2. The van der Waals surface area contributed by atoms with Crippen LogP contribution >= 0.6 is 0 Å². The molecule has 3 rings (SSSR count). The van der Waals surface area contributed by atoms with E-state index in [2.05, 4.69) is 10.3 Å². The average molecular weight is 284 g/mol. The molecule has 0 saturated carbocycles. The first-order valence-corrected chi connectivity index (χ1v) is 6.89. The first kappa shape index (κ1) is 13.4. The Bertz CT molecular complexity index is 634.